The smallest absolute Gasteiger partial charge is 0.222 e. The van der Waals surface area contributed by atoms with Gasteiger partial charge in [-0.05, 0) is 25.0 Å². The maximum Gasteiger partial charge on any atom is 0.222 e. The lowest BCUT2D eigenvalue weighted by molar-refractivity contribution is -0.130. The molecule has 106 valence electrons. The van der Waals surface area contributed by atoms with Crippen molar-refractivity contribution < 1.29 is 9.53 Å². The summed E-state index contributed by atoms with van der Waals surface area (Å²) in [4.78, 5) is 13.6. The first-order valence-electron chi connectivity index (χ1n) is 7.16. The second kappa shape index (κ2) is 9.42. The first kappa shape index (κ1) is 15.5. The zero-order chi connectivity index (χ0) is 13.9. The van der Waals surface area contributed by atoms with E-state index in [9.17, 15) is 4.79 Å². The van der Waals surface area contributed by atoms with Gasteiger partial charge in [-0.15, -0.1) is 0 Å². The van der Waals surface area contributed by atoms with Crippen LogP contribution in [0.3, 0.4) is 0 Å². The Morgan fingerprint density at radius 1 is 1.16 bits per heavy atom. The van der Waals surface area contributed by atoms with Crippen molar-refractivity contribution in [3.8, 4) is 5.75 Å². The van der Waals surface area contributed by atoms with Gasteiger partial charge in [0.2, 0.25) is 5.91 Å². The fourth-order valence-electron chi connectivity index (χ4n) is 1.85. The Labute approximate surface area is 116 Å². The lowest BCUT2D eigenvalue weighted by Crippen LogP contribution is -2.28. The predicted molar refractivity (Wildman–Crippen MR) is 78.3 cm³/mol. The maximum atomic E-state index is 11.8. The third kappa shape index (κ3) is 6.85. The number of hydrogen-bond acceptors (Lipinski definition) is 2. The molecule has 0 N–H and O–H groups in total. The van der Waals surface area contributed by atoms with E-state index < -0.39 is 0 Å². The van der Waals surface area contributed by atoms with Crippen LogP contribution in [0, 0.1) is 0 Å². The number of carbonyl (C=O) groups excluding carboxylic acids is 1. The molecule has 3 nitrogen and oxygen atoms in total. The van der Waals surface area contributed by atoms with E-state index in [0.29, 0.717) is 13.0 Å². The van der Waals surface area contributed by atoms with Crippen LogP contribution in [0.4, 0.5) is 0 Å². The zero-order valence-electron chi connectivity index (χ0n) is 12.1. The Bertz CT molecular complexity index is 351. The molecule has 0 fully saturated rings. The third-order valence-corrected chi connectivity index (χ3v) is 3.07. The Morgan fingerprint density at radius 3 is 2.58 bits per heavy atom. The lowest BCUT2D eigenvalue weighted by Gasteiger charge is -2.17. The van der Waals surface area contributed by atoms with E-state index in [4.69, 9.17) is 4.74 Å². The number of unbranched alkanes of at least 4 members (excludes halogenated alkanes) is 2. The van der Waals surface area contributed by atoms with E-state index in [1.807, 2.05) is 42.3 Å². The zero-order valence-corrected chi connectivity index (χ0v) is 12.1. The number of amides is 1. The van der Waals surface area contributed by atoms with Gasteiger partial charge in [-0.3, -0.25) is 4.79 Å². The molecular weight excluding hydrogens is 238 g/mol. The fourth-order valence-corrected chi connectivity index (χ4v) is 1.85. The molecule has 0 atom stereocenters. The highest BCUT2D eigenvalue weighted by Gasteiger charge is 2.07. The summed E-state index contributed by atoms with van der Waals surface area (Å²) < 4.78 is 5.60. The van der Waals surface area contributed by atoms with Crippen LogP contribution in [0.1, 0.15) is 39.0 Å². The monoisotopic (exact) mass is 263 g/mol. The number of ether oxygens (including phenoxy) is 1. The number of hydrogen-bond donors (Lipinski definition) is 0. The molecule has 0 aromatic heterocycles. The van der Waals surface area contributed by atoms with E-state index in [2.05, 4.69) is 6.92 Å². The van der Waals surface area contributed by atoms with Gasteiger partial charge in [-0.1, -0.05) is 38.0 Å². The van der Waals surface area contributed by atoms with Crippen LogP contribution in [0.2, 0.25) is 0 Å². The van der Waals surface area contributed by atoms with E-state index in [-0.39, 0.29) is 5.91 Å². The molecule has 0 saturated heterocycles. The normalized spacial score (nSPS) is 10.2. The van der Waals surface area contributed by atoms with Gasteiger partial charge in [0.15, 0.2) is 0 Å². The minimum Gasteiger partial charge on any atom is -0.494 e. The van der Waals surface area contributed by atoms with Crippen molar-refractivity contribution in [3.05, 3.63) is 30.3 Å². The SMILES string of the molecule is CCCCCC(=O)N(C)CCCOc1ccccc1. The van der Waals surface area contributed by atoms with E-state index in [0.717, 1.165) is 38.0 Å². The number of nitrogens with zero attached hydrogens (tertiary/aromatic N) is 1. The summed E-state index contributed by atoms with van der Waals surface area (Å²) in [7, 11) is 1.87. The second-order valence-corrected chi connectivity index (χ2v) is 4.79. The van der Waals surface area contributed by atoms with E-state index >= 15 is 0 Å². The van der Waals surface area contributed by atoms with Crippen LogP contribution < -0.4 is 4.74 Å². The van der Waals surface area contributed by atoms with Gasteiger partial charge in [0, 0.05) is 20.0 Å². The van der Waals surface area contributed by atoms with Crippen LogP contribution in [-0.4, -0.2) is 31.0 Å². The summed E-state index contributed by atoms with van der Waals surface area (Å²) in [6, 6.07) is 9.77. The highest BCUT2D eigenvalue weighted by Crippen LogP contribution is 2.08. The van der Waals surface area contributed by atoms with Gasteiger partial charge in [0.1, 0.15) is 5.75 Å². The summed E-state index contributed by atoms with van der Waals surface area (Å²) in [6.07, 6.45) is 4.83. The van der Waals surface area contributed by atoms with Crippen molar-refractivity contribution in [2.45, 2.75) is 39.0 Å². The Morgan fingerprint density at radius 2 is 1.89 bits per heavy atom. The number of rotatable bonds is 9. The molecule has 1 aromatic rings. The van der Waals surface area contributed by atoms with E-state index in [1.54, 1.807) is 0 Å². The second-order valence-electron chi connectivity index (χ2n) is 4.79. The van der Waals surface area contributed by atoms with Gasteiger partial charge in [-0.25, -0.2) is 0 Å². The highest BCUT2D eigenvalue weighted by molar-refractivity contribution is 5.75. The Kier molecular flexibility index (Phi) is 7.71. The van der Waals surface area contributed by atoms with Crippen molar-refractivity contribution in [2.24, 2.45) is 0 Å². The lowest BCUT2D eigenvalue weighted by atomic mass is 10.2. The number of benzene rings is 1. The molecule has 3 heteroatoms. The van der Waals surface area contributed by atoms with Crippen LogP contribution in [-0.2, 0) is 4.79 Å². The van der Waals surface area contributed by atoms with Crippen LogP contribution in [0.15, 0.2) is 30.3 Å². The minimum atomic E-state index is 0.244. The van der Waals surface area contributed by atoms with Gasteiger partial charge >= 0.3 is 0 Å². The van der Waals surface area contributed by atoms with E-state index in [1.165, 1.54) is 0 Å². The van der Waals surface area contributed by atoms with Crippen molar-refractivity contribution >= 4 is 5.91 Å². The molecule has 0 bridgehead atoms. The molecule has 19 heavy (non-hydrogen) atoms. The Balaban J connectivity index is 2.09. The third-order valence-electron chi connectivity index (χ3n) is 3.07. The minimum absolute atomic E-state index is 0.244. The summed E-state index contributed by atoms with van der Waals surface area (Å²) >= 11 is 0. The highest BCUT2D eigenvalue weighted by atomic mass is 16.5. The molecule has 0 unspecified atom stereocenters. The van der Waals surface area contributed by atoms with Crippen LogP contribution in [0.25, 0.3) is 0 Å². The van der Waals surface area contributed by atoms with Crippen LogP contribution >= 0.6 is 0 Å². The molecule has 1 rings (SSSR count). The molecule has 0 saturated carbocycles. The molecule has 0 radical (unpaired) electrons. The summed E-state index contributed by atoms with van der Waals surface area (Å²) in [5, 5.41) is 0. The first-order chi connectivity index (χ1) is 9.24. The molecule has 0 aliphatic carbocycles. The molecule has 0 heterocycles. The van der Waals surface area contributed by atoms with Crippen molar-refractivity contribution in [2.75, 3.05) is 20.2 Å². The average molecular weight is 263 g/mol. The molecular formula is C16H25NO2. The standard InChI is InChI=1S/C16H25NO2/c1-3-4-6-12-16(18)17(2)13-9-14-19-15-10-7-5-8-11-15/h5,7-8,10-11H,3-4,6,9,12-14H2,1-2H3. The van der Waals surface area contributed by atoms with Crippen molar-refractivity contribution in [3.63, 3.8) is 0 Å². The summed E-state index contributed by atoms with van der Waals surface area (Å²) in [5.41, 5.74) is 0. The van der Waals surface area contributed by atoms with Gasteiger partial charge < -0.3 is 9.64 Å². The maximum absolute atomic E-state index is 11.8. The predicted octanol–water partition coefficient (Wildman–Crippen LogP) is 3.49. The number of carbonyl (C=O) groups is 1. The molecule has 1 aromatic carbocycles. The Hall–Kier alpha value is -1.51. The van der Waals surface area contributed by atoms with Gasteiger partial charge in [-0.2, -0.15) is 0 Å². The van der Waals surface area contributed by atoms with Gasteiger partial charge in [0.25, 0.3) is 0 Å². The topological polar surface area (TPSA) is 29.5 Å². The molecule has 0 aliphatic rings. The van der Waals surface area contributed by atoms with Crippen LogP contribution in [0.5, 0.6) is 5.75 Å². The summed E-state index contributed by atoms with van der Waals surface area (Å²) in [5.74, 6) is 1.13. The van der Waals surface area contributed by atoms with Gasteiger partial charge in [0.05, 0.1) is 6.61 Å². The first-order valence-corrected chi connectivity index (χ1v) is 7.16. The number of para-hydroxylation sites is 1. The molecule has 0 aliphatic heterocycles. The molecule has 0 spiro atoms. The largest absolute Gasteiger partial charge is 0.494 e. The molecule has 1 amide bonds. The summed E-state index contributed by atoms with van der Waals surface area (Å²) in [6.45, 7) is 3.56. The van der Waals surface area contributed by atoms with Crippen molar-refractivity contribution in [1.29, 1.82) is 0 Å². The fraction of sp³-hybridized carbons (Fsp3) is 0.562. The average Bonchev–Trinajstić information content (AvgIpc) is 2.44. The quantitative estimate of drug-likeness (QED) is 0.638. The van der Waals surface area contributed by atoms with Crippen molar-refractivity contribution in [1.82, 2.24) is 4.90 Å².